The smallest absolute Gasteiger partial charge is 0.228 e. The minimum absolute atomic E-state index is 0.00607. The second-order valence-electron chi connectivity index (χ2n) is 4.72. The standard InChI is InChI=1S/C14H14N2O3/c17-10-5-7-16(8-6-10)14(18)9-12-11-3-1-2-4-13(11)19-15-12/h1-4H,5-9H2. The number of nitrogens with zero attached hydrogens (tertiary/aromatic N) is 2. The zero-order chi connectivity index (χ0) is 13.2. The zero-order valence-electron chi connectivity index (χ0n) is 10.5. The Morgan fingerprint density at radius 1 is 1.26 bits per heavy atom. The third-order valence-electron chi connectivity index (χ3n) is 3.44. The number of rotatable bonds is 2. The van der Waals surface area contributed by atoms with E-state index in [1.54, 1.807) is 4.90 Å². The summed E-state index contributed by atoms with van der Waals surface area (Å²) in [7, 11) is 0. The maximum atomic E-state index is 12.1. The fraction of sp³-hybridized carbons (Fsp3) is 0.357. The zero-order valence-corrected chi connectivity index (χ0v) is 10.5. The van der Waals surface area contributed by atoms with Crippen LogP contribution in [0.3, 0.4) is 0 Å². The summed E-state index contributed by atoms with van der Waals surface area (Å²) >= 11 is 0. The Bertz CT molecular complexity index is 622. The van der Waals surface area contributed by atoms with Gasteiger partial charge in [-0.2, -0.15) is 0 Å². The van der Waals surface area contributed by atoms with Crippen LogP contribution in [0, 0.1) is 0 Å². The number of Topliss-reactive ketones (excluding diaryl/α,β-unsaturated/α-hetero) is 1. The first kappa shape index (κ1) is 11.9. The molecule has 0 spiro atoms. The minimum Gasteiger partial charge on any atom is -0.356 e. The molecule has 2 heterocycles. The van der Waals surface area contributed by atoms with Crippen molar-refractivity contribution in [3.05, 3.63) is 30.0 Å². The molecule has 19 heavy (non-hydrogen) atoms. The van der Waals surface area contributed by atoms with Crippen molar-refractivity contribution < 1.29 is 14.1 Å². The predicted octanol–water partition coefficient (Wildman–Crippen LogP) is 1.56. The third-order valence-corrected chi connectivity index (χ3v) is 3.44. The molecule has 0 saturated carbocycles. The summed E-state index contributed by atoms with van der Waals surface area (Å²) < 4.78 is 5.18. The van der Waals surface area contributed by atoms with Crippen LogP contribution < -0.4 is 0 Å². The van der Waals surface area contributed by atoms with Gasteiger partial charge in [-0.3, -0.25) is 9.59 Å². The first-order valence-electron chi connectivity index (χ1n) is 6.37. The first-order valence-corrected chi connectivity index (χ1v) is 6.37. The Morgan fingerprint density at radius 2 is 2.00 bits per heavy atom. The number of ketones is 1. The number of piperidine rings is 1. The molecule has 0 atom stereocenters. The van der Waals surface area contributed by atoms with Gasteiger partial charge in [0.05, 0.1) is 6.42 Å². The fourth-order valence-corrected chi connectivity index (χ4v) is 2.33. The molecule has 0 aliphatic carbocycles. The van der Waals surface area contributed by atoms with Crippen LogP contribution in [0.15, 0.2) is 28.8 Å². The van der Waals surface area contributed by atoms with Crippen LogP contribution >= 0.6 is 0 Å². The molecule has 2 aromatic rings. The van der Waals surface area contributed by atoms with Gasteiger partial charge in [-0.25, -0.2) is 0 Å². The number of fused-ring (bicyclic) bond motifs is 1. The van der Waals surface area contributed by atoms with E-state index in [2.05, 4.69) is 5.16 Å². The second kappa shape index (κ2) is 4.84. The number of para-hydroxylation sites is 1. The van der Waals surface area contributed by atoms with Gasteiger partial charge >= 0.3 is 0 Å². The summed E-state index contributed by atoms with van der Waals surface area (Å²) in [5, 5.41) is 4.83. The maximum absolute atomic E-state index is 12.1. The Balaban J connectivity index is 1.74. The summed E-state index contributed by atoms with van der Waals surface area (Å²) in [6, 6.07) is 7.49. The lowest BCUT2D eigenvalue weighted by atomic mass is 10.1. The minimum atomic E-state index is 0.00607. The molecule has 1 aromatic carbocycles. The average molecular weight is 258 g/mol. The fourth-order valence-electron chi connectivity index (χ4n) is 2.33. The highest BCUT2D eigenvalue weighted by Crippen LogP contribution is 2.19. The Labute approximate surface area is 110 Å². The molecule has 1 saturated heterocycles. The maximum Gasteiger partial charge on any atom is 0.228 e. The van der Waals surface area contributed by atoms with Gasteiger partial charge < -0.3 is 9.42 Å². The number of aromatic nitrogens is 1. The van der Waals surface area contributed by atoms with Gasteiger partial charge in [0.15, 0.2) is 5.58 Å². The number of carbonyl (C=O) groups is 2. The van der Waals surface area contributed by atoms with E-state index in [1.807, 2.05) is 24.3 Å². The molecular formula is C14H14N2O3. The molecule has 3 rings (SSSR count). The van der Waals surface area contributed by atoms with Gasteiger partial charge in [-0.1, -0.05) is 17.3 Å². The van der Waals surface area contributed by atoms with Crippen molar-refractivity contribution in [2.45, 2.75) is 19.3 Å². The van der Waals surface area contributed by atoms with E-state index >= 15 is 0 Å². The summed E-state index contributed by atoms with van der Waals surface area (Å²) in [5.41, 5.74) is 1.36. The molecule has 0 unspecified atom stereocenters. The Morgan fingerprint density at radius 3 is 2.79 bits per heavy atom. The Kier molecular flexibility index (Phi) is 3.03. The van der Waals surface area contributed by atoms with E-state index in [4.69, 9.17) is 4.52 Å². The number of hydrogen-bond donors (Lipinski definition) is 0. The molecule has 1 aliphatic heterocycles. The van der Waals surface area contributed by atoms with Crippen LogP contribution in [0.4, 0.5) is 0 Å². The quantitative estimate of drug-likeness (QED) is 0.820. The van der Waals surface area contributed by atoms with E-state index in [0.29, 0.717) is 37.2 Å². The van der Waals surface area contributed by atoms with Gasteiger partial charge in [-0.15, -0.1) is 0 Å². The molecule has 0 bridgehead atoms. The number of likely N-dealkylation sites (tertiary alicyclic amines) is 1. The normalized spacial score (nSPS) is 16.0. The van der Waals surface area contributed by atoms with Gasteiger partial charge in [0.2, 0.25) is 5.91 Å². The first-order chi connectivity index (χ1) is 9.24. The van der Waals surface area contributed by atoms with Crippen LogP contribution in [0.2, 0.25) is 0 Å². The largest absolute Gasteiger partial charge is 0.356 e. The van der Waals surface area contributed by atoms with E-state index in [-0.39, 0.29) is 18.1 Å². The van der Waals surface area contributed by atoms with Crippen LogP contribution in [0.1, 0.15) is 18.5 Å². The van der Waals surface area contributed by atoms with Crippen molar-refractivity contribution in [1.29, 1.82) is 0 Å². The van der Waals surface area contributed by atoms with Crippen molar-refractivity contribution in [3.63, 3.8) is 0 Å². The van der Waals surface area contributed by atoms with Gasteiger partial charge in [0.1, 0.15) is 11.5 Å². The molecule has 1 amide bonds. The van der Waals surface area contributed by atoms with Crippen molar-refractivity contribution >= 4 is 22.7 Å². The average Bonchev–Trinajstić information content (AvgIpc) is 2.83. The van der Waals surface area contributed by atoms with E-state index in [0.717, 1.165) is 5.39 Å². The molecule has 0 N–H and O–H groups in total. The van der Waals surface area contributed by atoms with E-state index in [1.165, 1.54) is 0 Å². The summed E-state index contributed by atoms with van der Waals surface area (Å²) in [5.74, 6) is 0.238. The molecule has 1 aromatic heterocycles. The highest BCUT2D eigenvalue weighted by Gasteiger charge is 2.22. The van der Waals surface area contributed by atoms with Crippen LogP contribution in [-0.4, -0.2) is 34.8 Å². The van der Waals surface area contributed by atoms with E-state index < -0.39 is 0 Å². The summed E-state index contributed by atoms with van der Waals surface area (Å²) in [6.45, 7) is 1.04. The van der Waals surface area contributed by atoms with Crippen molar-refractivity contribution in [3.8, 4) is 0 Å². The molecule has 1 fully saturated rings. The molecule has 5 nitrogen and oxygen atoms in total. The number of hydrogen-bond acceptors (Lipinski definition) is 4. The number of amides is 1. The second-order valence-corrected chi connectivity index (χ2v) is 4.72. The lowest BCUT2D eigenvalue weighted by Gasteiger charge is -2.25. The Hall–Kier alpha value is -2.17. The van der Waals surface area contributed by atoms with E-state index in [9.17, 15) is 9.59 Å². The van der Waals surface area contributed by atoms with Gasteiger partial charge in [0, 0.05) is 31.3 Å². The van der Waals surface area contributed by atoms with Gasteiger partial charge in [-0.05, 0) is 12.1 Å². The van der Waals surface area contributed by atoms with Crippen molar-refractivity contribution in [1.82, 2.24) is 10.1 Å². The SMILES string of the molecule is O=C1CCN(C(=O)Cc2noc3ccccc23)CC1. The number of benzene rings is 1. The highest BCUT2D eigenvalue weighted by molar-refractivity contribution is 5.87. The van der Waals surface area contributed by atoms with Crippen molar-refractivity contribution in [2.75, 3.05) is 13.1 Å². The molecule has 98 valence electrons. The topological polar surface area (TPSA) is 63.4 Å². The lowest BCUT2D eigenvalue weighted by Crippen LogP contribution is -2.39. The molecule has 1 aliphatic rings. The van der Waals surface area contributed by atoms with Crippen LogP contribution in [0.5, 0.6) is 0 Å². The number of carbonyl (C=O) groups excluding carboxylic acids is 2. The van der Waals surface area contributed by atoms with Crippen LogP contribution in [0.25, 0.3) is 11.0 Å². The summed E-state index contributed by atoms with van der Waals surface area (Å²) in [4.78, 5) is 25.0. The summed E-state index contributed by atoms with van der Waals surface area (Å²) in [6.07, 6.45) is 1.15. The third kappa shape index (κ3) is 2.36. The van der Waals surface area contributed by atoms with Crippen molar-refractivity contribution in [2.24, 2.45) is 0 Å². The molecule has 5 heteroatoms. The highest BCUT2D eigenvalue weighted by atomic mass is 16.5. The predicted molar refractivity (Wildman–Crippen MR) is 68.5 cm³/mol. The molecular weight excluding hydrogens is 244 g/mol. The van der Waals surface area contributed by atoms with Crippen LogP contribution in [-0.2, 0) is 16.0 Å². The van der Waals surface area contributed by atoms with Gasteiger partial charge in [0.25, 0.3) is 0 Å². The monoisotopic (exact) mass is 258 g/mol. The lowest BCUT2D eigenvalue weighted by molar-refractivity contribution is -0.133. The molecule has 0 radical (unpaired) electrons.